The van der Waals surface area contributed by atoms with E-state index in [9.17, 15) is 4.79 Å². The van der Waals surface area contributed by atoms with Crippen LogP contribution < -0.4 is 15.8 Å². The molecule has 2 rings (SSSR count). The molecule has 22 heavy (non-hydrogen) atoms. The number of hydrogen-bond donors (Lipinski definition) is 2. The van der Waals surface area contributed by atoms with Crippen LogP contribution in [0.25, 0.3) is 0 Å². The van der Waals surface area contributed by atoms with Gasteiger partial charge in [0.15, 0.2) is 0 Å². The number of nitrogens with two attached hydrogens (primary N) is 1. The molecule has 0 bridgehead atoms. The van der Waals surface area contributed by atoms with E-state index in [1.54, 1.807) is 7.11 Å². The Bertz CT molecular complexity index is 609. The third-order valence-corrected chi connectivity index (χ3v) is 3.44. The first-order chi connectivity index (χ1) is 10.7. The van der Waals surface area contributed by atoms with Gasteiger partial charge in [0.2, 0.25) is 5.91 Å². The number of carbonyl (C=O) groups is 1. The van der Waals surface area contributed by atoms with Gasteiger partial charge in [-0.2, -0.15) is 0 Å². The standard InChI is InChI=1S/C18H22N2O2/c1-22-17-6-2-4-14(12-17)5-3-11-20-18(21)13-15-7-9-16(19)10-8-15/h2,4,6-10,12H,3,5,11,13,19H2,1H3,(H,20,21). The van der Waals surface area contributed by atoms with Crippen LogP contribution in [0.3, 0.4) is 0 Å². The Balaban J connectivity index is 1.69. The number of carbonyl (C=O) groups excluding carboxylic acids is 1. The van der Waals surface area contributed by atoms with Crippen molar-refractivity contribution in [2.24, 2.45) is 0 Å². The quantitative estimate of drug-likeness (QED) is 0.610. The van der Waals surface area contributed by atoms with Crippen LogP contribution in [-0.4, -0.2) is 19.6 Å². The van der Waals surface area contributed by atoms with E-state index in [0.29, 0.717) is 18.7 Å². The minimum atomic E-state index is 0.0374. The van der Waals surface area contributed by atoms with Crippen LogP contribution in [0.1, 0.15) is 17.5 Å². The maximum Gasteiger partial charge on any atom is 0.224 e. The number of amides is 1. The van der Waals surface area contributed by atoms with Crippen LogP contribution in [-0.2, 0) is 17.6 Å². The van der Waals surface area contributed by atoms with Gasteiger partial charge in [-0.05, 0) is 48.2 Å². The largest absolute Gasteiger partial charge is 0.497 e. The molecule has 0 heterocycles. The van der Waals surface area contributed by atoms with E-state index in [4.69, 9.17) is 10.5 Å². The molecule has 4 heteroatoms. The smallest absolute Gasteiger partial charge is 0.224 e. The zero-order chi connectivity index (χ0) is 15.8. The highest BCUT2D eigenvalue weighted by molar-refractivity contribution is 5.78. The Labute approximate surface area is 131 Å². The van der Waals surface area contributed by atoms with Crippen molar-refractivity contribution in [1.82, 2.24) is 5.32 Å². The lowest BCUT2D eigenvalue weighted by Gasteiger charge is -2.07. The minimum Gasteiger partial charge on any atom is -0.497 e. The Kier molecular flexibility index (Phi) is 5.83. The fraction of sp³-hybridized carbons (Fsp3) is 0.278. The molecule has 2 aromatic rings. The van der Waals surface area contributed by atoms with Crippen LogP contribution in [0.4, 0.5) is 5.69 Å². The molecular formula is C18H22N2O2. The highest BCUT2D eigenvalue weighted by atomic mass is 16.5. The number of nitrogen functional groups attached to an aromatic ring is 1. The number of aryl methyl sites for hydroxylation is 1. The van der Waals surface area contributed by atoms with Gasteiger partial charge in [0.1, 0.15) is 5.75 Å². The summed E-state index contributed by atoms with van der Waals surface area (Å²) in [4.78, 5) is 11.8. The zero-order valence-electron chi connectivity index (χ0n) is 12.8. The molecule has 3 N–H and O–H groups in total. The maximum atomic E-state index is 11.8. The second-order valence-corrected chi connectivity index (χ2v) is 5.22. The van der Waals surface area contributed by atoms with Gasteiger partial charge in [-0.25, -0.2) is 0 Å². The zero-order valence-corrected chi connectivity index (χ0v) is 12.8. The lowest BCUT2D eigenvalue weighted by Crippen LogP contribution is -2.26. The second kappa shape index (κ2) is 8.08. The van der Waals surface area contributed by atoms with Crippen molar-refractivity contribution in [3.05, 3.63) is 59.7 Å². The third-order valence-electron chi connectivity index (χ3n) is 3.44. The molecule has 0 fully saturated rings. The Morgan fingerprint density at radius 2 is 1.91 bits per heavy atom. The van der Waals surface area contributed by atoms with Gasteiger partial charge in [0, 0.05) is 12.2 Å². The van der Waals surface area contributed by atoms with Gasteiger partial charge in [0.05, 0.1) is 13.5 Å². The van der Waals surface area contributed by atoms with Crippen LogP contribution in [0, 0.1) is 0 Å². The molecule has 0 saturated carbocycles. The molecule has 0 spiro atoms. The number of ether oxygens (including phenoxy) is 1. The Morgan fingerprint density at radius 3 is 2.64 bits per heavy atom. The van der Waals surface area contributed by atoms with Crippen LogP contribution >= 0.6 is 0 Å². The average molecular weight is 298 g/mol. The van der Waals surface area contributed by atoms with Crippen molar-refractivity contribution >= 4 is 11.6 Å². The van der Waals surface area contributed by atoms with E-state index in [1.807, 2.05) is 42.5 Å². The summed E-state index contributed by atoms with van der Waals surface area (Å²) in [6.07, 6.45) is 2.21. The highest BCUT2D eigenvalue weighted by Crippen LogP contribution is 2.13. The first-order valence-electron chi connectivity index (χ1n) is 7.41. The van der Waals surface area contributed by atoms with Crippen molar-refractivity contribution < 1.29 is 9.53 Å². The van der Waals surface area contributed by atoms with Gasteiger partial charge in [-0.1, -0.05) is 24.3 Å². The number of nitrogens with one attached hydrogen (secondary N) is 1. The SMILES string of the molecule is COc1cccc(CCCNC(=O)Cc2ccc(N)cc2)c1. The highest BCUT2D eigenvalue weighted by Gasteiger charge is 2.03. The van der Waals surface area contributed by atoms with E-state index >= 15 is 0 Å². The van der Waals surface area contributed by atoms with E-state index in [0.717, 1.165) is 24.2 Å². The van der Waals surface area contributed by atoms with Crippen molar-refractivity contribution in [3.8, 4) is 5.75 Å². The molecule has 116 valence electrons. The summed E-state index contributed by atoms with van der Waals surface area (Å²) in [6.45, 7) is 0.672. The second-order valence-electron chi connectivity index (χ2n) is 5.22. The van der Waals surface area contributed by atoms with Gasteiger partial charge in [0.25, 0.3) is 0 Å². The third kappa shape index (κ3) is 5.13. The molecule has 0 aliphatic rings. The molecule has 0 radical (unpaired) electrons. The van der Waals surface area contributed by atoms with E-state index in [-0.39, 0.29) is 5.91 Å². The molecular weight excluding hydrogens is 276 g/mol. The number of rotatable bonds is 7. The number of anilines is 1. The summed E-state index contributed by atoms with van der Waals surface area (Å²) in [7, 11) is 1.66. The van der Waals surface area contributed by atoms with Gasteiger partial charge in [-0.15, -0.1) is 0 Å². The normalized spacial score (nSPS) is 10.2. The fourth-order valence-electron chi connectivity index (χ4n) is 2.23. The van der Waals surface area contributed by atoms with Crippen molar-refractivity contribution in [1.29, 1.82) is 0 Å². The molecule has 4 nitrogen and oxygen atoms in total. The van der Waals surface area contributed by atoms with Crippen molar-refractivity contribution in [3.63, 3.8) is 0 Å². The van der Waals surface area contributed by atoms with Crippen LogP contribution in [0.5, 0.6) is 5.75 Å². The monoisotopic (exact) mass is 298 g/mol. The van der Waals surface area contributed by atoms with Crippen molar-refractivity contribution in [2.75, 3.05) is 19.4 Å². The maximum absolute atomic E-state index is 11.8. The molecule has 0 aliphatic carbocycles. The molecule has 1 amide bonds. The van der Waals surface area contributed by atoms with E-state index < -0.39 is 0 Å². The summed E-state index contributed by atoms with van der Waals surface area (Å²) in [5.41, 5.74) is 8.52. The summed E-state index contributed by atoms with van der Waals surface area (Å²) < 4.78 is 5.20. The van der Waals surface area contributed by atoms with Gasteiger partial charge in [-0.3, -0.25) is 4.79 Å². The van der Waals surface area contributed by atoms with E-state index in [1.165, 1.54) is 5.56 Å². The molecule has 0 aromatic heterocycles. The molecule has 0 aliphatic heterocycles. The van der Waals surface area contributed by atoms with Gasteiger partial charge < -0.3 is 15.8 Å². The Morgan fingerprint density at radius 1 is 1.14 bits per heavy atom. The Hall–Kier alpha value is -2.49. The van der Waals surface area contributed by atoms with Crippen LogP contribution in [0.15, 0.2) is 48.5 Å². The first-order valence-corrected chi connectivity index (χ1v) is 7.41. The summed E-state index contributed by atoms with van der Waals surface area (Å²) in [6, 6.07) is 15.4. The fourth-order valence-corrected chi connectivity index (χ4v) is 2.23. The summed E-state index contributed by atoms with van der Waals surface area (Å²) in [5.74, 6) is 0.903. The lowest BCUT2D eigenvalue weighted by molar-refractivity contribution is -0.120. The van der Waals surface area contributed by atoms with Gasteiger partial charge >= 0.3 is 0 Å². The first kappa shape index (κ1) is 15.9. The number of hydrogen-bond acceptors (Lipinski definition) is 3. The molecule has 0 atom stereocenters. The average Bonchev–Trinajstić information content (AvgIpc) is 2.54. The van der Waals surface area contributed by atoms with Crippen molar-refractivity contribution in [2.45, 2.75) is 19.3 Å². The van der Waals surface area contributed by atoms with E-state index in [2.05, 4.69) is 11.4 Å². The number of methoxy groups -OCH3 is 1. The van der Waals surface area contributed by atoms with Crippen LogP contribution in [0.2, 0.25) is 0 Å². The topological polar surface area (TPSA) is 64.3 Å². The molecule has 0 unspecified atom stereocenters. The number of benzene rings is 2. The minimum absolute atomic E-state index is 0.0374. The molecule has 0 saturated heterocycles. The summed E-state index contributed by atoms with van der Waals surface area (Å²) in [5, 5.41) is 2.94. The molecule has 2 aromatic carbocycles. The summed E-state index contributed by atoms with van der Waals surface area (Å²) >= 11 is 0. The predicted molar refractivity (Wildman–Crippen MR) is 88.9 cm³/mol. The predicted octanol–water partition coefficient (Wildman–Crippen LogP) is 2.57. The lowest BCUT2D eigenvalue weighted by atomic mass is 10.1.